The summed E-state index contributed by atoms with van der Waals surface area (Å²) in [6.45, 7) is 6.22. The van der Waals surface area contributed by atoms with Crippen molar-refractivity contribution >= 4 is 12.1 Å². The van der Waals surface area contributed by atoms with Crippen LogP contribution in [0.5, 0.6) is 5.75 Å². The molecule has 1 saturated carbocycles. The van der Waals surface area contributed by atoms with Gasteiger partial charge in [-0.25, -0.2) is 4.79 Å². The molecule has 31 heavy (non-hydrogen) atoms. The molecule has 1 amide bonds. The first kappa shape index (κ1) is 22.7. The van der Waals surface area contributed by atoms with Gasteiger partial charge in [0.05, 0.1) is 23.8 Å². The molecule has 1 aliphatic rings. The molecule has 0 bridgehead atoms. The number of hydrogen-bond acceptors (Lipinski definition) is 6. The van der Waals surface area contributed by atoms with E-state index in [4.69, 9.17) is 19.1 Å². The van der Waals surface area contributed by atoms with Crippen molar-refractivity contribution in [3.8, 4) is 17.1 Å². The first-order chi connectivity index (χ1) is 14.8. The number of amides is 1. The van der Waals surface area contributed by atoms with E-state index in [-0.39, 0.29) is 24.5 Å². The summed E-state index contributed by atoms with van der Waals surface area (Å²) >= 11 is 0. The van der Waals surface area contributed by atoms with Crippen molar-refractivity contribution < 1.29 is 28.7 Å². The van der Waals surface area contributed by atoms with Crippen molar-refractivity contribution in [2.75, 3.05) is 13.7 Å². The maximum atomic E-state index is 12.1. The maximum Gasteiger partial charge on any atom is 0.410 e. The normalized spacial score (nSPS) is 18.2. The Labute approximate surface area is 182 Å². The van der Waals surface area contributed by atoms with Crippen LogP contribution in [0.3, 0.4) is 0 Å². The van der Waals surface area contributed by atoms with E-state index in [9.17, 15) is 9.59 Å². The van der Waals surface area contributed by atoms with Crippen molar-refractivity contribution in [1.82, 2.24) is 10.1 Å². The molecule has 0 radical (unpaired) electrons. The van der Waals surface area contributed by atoms with Crippen LogP contribution in [0.1, 0.15) is 44.4 Å². The van der Waals surface area contributed by atoms with E-state index in [1.54, 1.807) is 7.05 Å². The number of ether oxygens (including phenoxy) is 2. The van der Waals surface area contributed by atoms with Crippen LogP contribution in [-0.4, -0.2) is 46.9 Å². The molecule has 0 saturated heterocycles. The lowest BCUT2D eigenvalue weighted by molar-refractivity contribution is -0.141. The van der Waals surface area contributed by atoms with Gasteiger partial charge in [0.2, 0.25) is 0 Å². The molecule has 1 N–H and O–H groups in total. The second-order valence-electron chi connectivity index (χ2n) is 8.38. The van der Waals surface area contributed by atoms with Crippen molar-refractivity contribution in [1.29, 1.82) is 0 Å². The van der Waals surface area contributed by atoms with Gasteiger partial charge in [-0.3, -0.25) is 4.79 Å². The summed E-state index contributed by atoms with van der Waals surface area (Å²) in [5.41, 5.74) is 2.21. The Hall–Kier alpha value is -3.03. The quantitative estimate of drug-likeness (QED) is 0.657. The predicted molar refractivity (Wildman–Crippen MR) is 114 cm³/mol. The molecule has 0 aliphatic heterocycles. The van der Waals surface area contributed by atoms with Gasteiger partial charge in [-0.1, -0.05) is 5.16 Å². The zero-order valence-corrected chi connectivity index (χ0v) is 18.5. The van der Waals surface area contributed by atoms with Crippen LogP contribution in [0.15, 0.2) is 28.8 Å². The lowest BCUT2D eigenvalue weighted by Gasteiger charge is -2.20. The summed E-state index contributed by atoms with van der Waals surface area (Å²) in [5, 5.41) is 13.1. The third-order valence-electron chi connectivity index (χ3n) is 5.88. The van der Waals surface area contributed by atoms with E-state index in [0.717, 1.165) is 17.5 Å². The minimum Gasteiger partial charge on any atom is -0.493 e. The molecule has 2 unspecified atom stereocenters. The molecule has 1 aliphatic carbocycles. The number of aromatic nitrogens is 1. The fourth-order valence-electron chi connectivity index (χ4n) is 3.60. The molecule has 0 spiro atoms. The number of aliphatic carboxylic acids is 1. The lowest BCUT2D eigenvalue weighted by Crippen LogP contribution is -2.33. The predicted octanol–water partition coefficient (Wildman–Crippen LogP) is 4.51. The largest absolute Gasteiger partial charge is 0.493 e. The van der Waals surface area contributed by atoms with E-state index in [2.05, 4.69) is 5.16 Å². The Balaban J connectivity index is 1.60. The Morgan fingerprint density at radius 2 is 1.97 bits per heavy atom. The highest BCUT2D eigenvalue weighted by Gasteiger charge is 2.30. The summed E-state index contributed by atoms with van der Waals surface area (Å²) in [7, 11) is 1.69. The molecule has 168 valence electrons. The van der Waals surface area contributed by atoms with E-state index in [1.807, 2.05) is 45.0 Å². The second-order valence-corrected chi connectivity index (χ2v) is 8.38. The van der Waals surface area contributed by atoms with Gasteiger partial charge in [0.1, 0.15) is 12.4 Å². The van der Waals surface area contributed by atoms with Crippen LogP contribution >= 0.6 is 0 Å². The zero-order valence-electron chi connectivity index (χ0n) is 18.5. The first-order valence-electron chi connectivity index (χ1n) is 10.6. The number of rotatable bonds is 8. The highest BCUT2D eigenvalue weighted by atomic mass is 16.6. The summed E-state index contributed by atoms with van der Waals surface area (Å²) in [4.78, 5) is 24.7. The van der Waals surface area contributed by atoms with Crippen LogP contribution in [0.2, 0.25) is 0 Å². The highest BCUT2D eigenvalue weighted by Crippen LogP contribution is 2.32. The number of carboxylic acids is 1. The van der Waals surface area contributed by atoms with Crippen LogP contribution < -0.4 is 4.74 Å². The van der Waals surface area contributed by atoms with Crippen molar-refractivity contribution in [2.45, 2.75) is 52.7 Å². The van der Waals surface area contributed by atoms with Gasteiger partial charge in [-0.15, -0.1) is 0 Å². The molecule has 8 nitrogen and oxygen atoms in total. The average Bonchev–Trinajstić information content (AvgIpc) is 3.37. The number of hydrogen-bond donors (Lipinski definition) is 1. The first-order valence-corrected chi connectivity index (χ1v) is 10.6. The Morgan fingerprint density at radius 3 is 2.58 bits per heavy atom. The standard InChI is InChI=1S/C23H30N2O6/c1-14(2)25(4)23(28)30-13-20-15(3)24-31-21(20)17-7-9-19(10-8-17)29-12-16-5-6-18(11-16)22(26)27/h7-10,14,16,18H,5-6,11-13H2,1-4H3,(H,26,27). The van der Waals surface area contributed by atoms with Crippen molar-refractivity contribution in [3.05, 3.63) is 35.5 Å². The van der Waals surface area contributed by atoms with Gasteiger partial charge < -0.3 is 24.0 Å². The molecular weight excluding hydrogens is 400 g/mol. The number of carbonyl (C=O) groups is 2. The van der Waals surface area contributed by atoms with Crippen LogP contribution in [0.25, 0.3) is 11.3 Å². The van der Waals surface area contributed by atoms with Gasteiger partial charge in [-0.05, 0) is 70.2 Å². The molecule has 2 aromatic rings. The molecule has 2 atom stereocenters. The van der Waals surface area contributed by atoms with Gasteiger partial charge in [0, 0.05) is 18.7 Å². The topological polar surface area (TPSA) is 102 Å². The van der Waals surface area contributed by atoms with E-state index in [1.165, 1.54) is 4.90 Å². The Kier molecular flexibility index (Phi) is 7.20. The fraction of sp³-hybridized carbons (Fsp3) is 0.522. The average molecular weight is 431 g/mol. The van der Waals surface area contributed by atoms with Crippen LogP contribution in [0, 0.1) is 18.8 Å². The van der Waals surface area contributed by atoms with Crippen LogP contribution in [-0.2, 0) is 16.1 Å². The Bertz CT molecular complexity index is 905. The van der Waals surface area contributed by atoms with Gasteiger partial charge >= 0.3 is 12.1 Å². The number of benzene rings is 1. The number of aryl methyl sites for hydroxylation is 1. The van der Waals surface area contributed by atoms with Gasteiger partial charge in [0.15, 0.2) is 5.76 Å². The SMILES string of the molecule is Cc1noc(-c2ccc(OCC3CCC(C(=O)O)C3)cc2)c1COC(=O)N(C)C(C)C. The molecule has 3 rings (SSSR count). The van der Waals surface area contributed by atoms with Gasteiger partial charge in [0.25, 0.3) is 0 Å². The van der Waals surface area contributed by atoms with Gasteiger partial charge in [-0.2, -0.15) is 0 Å². The highest BCUT2D eigenvalue weighted by molar-refractivity contribution is 5.70. The molecule has 1 aromatic carbocycles. The summed E-state index contributed by atoms with van der Waals surface area (Å²) in [5.74, 6) is 0.572. The zero-order chi connectivity index (χ0) is 22.5. The minimum atomic E-state index is -0.716. The smallest absolute Gasteiger partial charge is 0.410 e. The van der Waals surface area contributed by atoms with E-state index < -0.39 is 12.1 Å². The van der Waals surface area contributed by atoms with Crippen molar-refractivity contribution in [2.24, 2.45) is 11.8 Å². The summed E-state index contributed by atoms with van der Waals surface area (Å²) < 4.78 is 16.8. The number of carbonyl (C=O) groups excluding carboxylic acids is 1. The summed E-state index contributed by atoms with van der Waals surface area (Å²) in [6.07, 6.45) is 1.86. The molecule has 1 aromatic heterocycles. The maximum absolute atomic E-state index is 12.1. The molecule has 1 fully saturated rings. The Morgan fingerprint density at radius 1 is 1.26 bits per heavy atom. The molecule has 8 heteroatoms. The molecule has 1 heterocycles. The minimum absolute atomic E-state index is 0.0438. The fourth-order valence-corrected chi connectivity index (χ4v) is 3.60. The monoisotopic (exact) mass is 430 g/mol. The van der Waals surface area contributed by atoms with Crippen LogP contribution in [0.4, 0.5) is 4.79 Å². The second kappa shape index (κ2) is 9.85. The van der Waals surface area contributed by atoms with E-state index in [0.29, 0.717) is 36.7 Å². The van der Waals surface area contributed by atoms with E-state index >= 15 is 0 Å². The third kappa shape index (κ3) is 5.57. The number of nitrogens with zero attached hydrogens (tertiary/aromatic N) is 2. The summed E-state index contributed by atoms with van der Waals surface area (Å²) in [6, 6.07) is 7.48. The number of carboxylic acid groups (broad SMARTS) is 1. The lowest BCUT2D eigenvalue weighted by atomic mass is 10.1. The third-order valence-corrected chi connectivity index (χ3v) is 5.88. The molecular formula is C23H30N2O6. The van der Waals surface area contributed by atoms with Crippen molar-refractivity contribution in [3.63, 3.8) is 0 Å².